The molecule has 0 aromatic carbocycles. The van der Waals surface area contributed by atoms with E-state index in [2.05, 4.69) is 5.32 Å². The van der Waals surface area contributed by atoms with E-state index in [9.17, 15) is 9.59 Å². The molecule has 70 valence electrons. The first-order valence-corrected chi connectivity index (χ1v) is 4.58. The van der Waals surface area contributed by atoms with E-state index in [0.29, 0.717) is 13.1 Å². The lowest BCUT2D eigenvalue weighted by atomic mass is 10.6. The van der Waals surface area contributed by atoms with Crippen LogP contribution in [-0.2, 0) is 9.59 Å². The fourth-order valence-corrected chi connectivity index (χ4v) is 1.06. The van der Waals surface area contributed by atoms with Crippen LogP contribution in [0.2, 0.25) is 0 Å². The Balaban J connectivity index is 3.25. The summed E-state index contributed by atoms with van der Waals surface area (Å²) in [5.74, 6) is -0.958. The highest BCUT2D eigenvalue weighted by Gasteiger charge is 2.02. The van der Waals surface area contributed by atoms with Gasteiger partial charge in [-0.15, -0.1) is 11.8 Å². The SMILES string of the molecule is NCCNC(=O)CSCC(=O)O. The van der Waals surface area contributed by atoms with Crippen LogP contribution in [-0.4, -0.2) is 41.6 Å². The Kier molecular flexibility index (Phi) is 6.50. The van der Waals surface area contributed by atoms with Crippen molar-refractivity contribution in [1.82, 2.24) is 5.32 Å². The first-order valence-electron chi connectivity index (χ1n) is 3.43. The zero-order chi connectivity index (χ0) is 9.40. The Morgan fingerprint density at radius 3 is 2.58 bits per heavy atom. The smallest absolute Gasteiger partial charge is 0.313 e. The van der Waals surface area contributed by atoms with E-state index in [-0.39, 0.29) is 17.4 Å². The molecule has 0 fully saturated rings. The van der Waals surface area contributed by atoms with E-state index in [1.807, 2.05) is 0 Å². The van der Waals surface area contributed by atoms with Crippen molar-refractivity contribution in [3.63, 3.8) is 0 Å². The number of nitrogens with two attached hydrogens (primary N) is 1. The molecular formula is C6H12N2O3S. The lowest BCUT2D eigenvalue weighted by Crippen LogP contribution is -2.30. The fraction of sp³-hybridized carbons (Fsp3) is 0.667. The van der Waals surface area contributed by atoms with Crippen molar-refractivity contribution in [3.05, 3.63) is 0 Å². The van der Waals surface area contributed by atoms with E-state index >= 15 is 0 Å². The van der Waals surface area contributed by atoms with Crippen LogP contribution in [0.3, 0.4) is 0 Å². The van der Waals surface area contributed by atoms with Crippen LogP contribution in [0.25, 0.3) is 0 Å². The van der Waals surface area contributed by atoms with Gasteiger partial charge in [-0.3, -0.25) is 9.59 Å². The highest BCUT2D eigenvalue weighted by Crippen LogP contribution is 1.97. The summed E-state index contributed by atoms with van der Waals surface area (Å²) in [5.41, 5.74) is 5.14. The summed E-state index contributed by atoms with van der Waals surface area (Å²) in [6.07, 6.45) is 0. The molecule has 12 heavy (non-hydrogen) atoms. The van der Waals surface area contributed by atoms with Crippen molar-refractivity contribution in [3.8, 4) is 0 Å². The molecule has 0 bridgehead atoms. The zero-order valence-corrected chi connectivity index (χ0v) is 7.39. The van der Waals surface area contributed by atoms with Gasteiger partial charge in [-0.2, -0.15) is 0 Å². The van der Waals surface area contributed by atoms with Gasteiger partial charge in [0.15, 0.2) is 0 Å². The molecule has 5 nitrogen and oxygen atoms in total. The average molecular weight is 192 g/mol. The van der Waals surface area contributed by atoms with Gasteiger partial charge >= 0.3 is 5.97 Å². The molecule has 0 saturated heterocycles. The number of thioether (sulfide) groups is 1. The molecule has 6 heteroatoms. The number of carbonyl (C=O) groups excluding carboxylic acids is 1. The van der Waals surface area contributed by atoms with Gasteiger partial charge in [0.05, 0.1) is 11.5 Å². The second-order valence-corrected chi connectivity index (χ2v) is 3.01. The third-order valence-corrected chi connectivity index (χ3v) is 1.84. The van der Waals surface area contributed by atoms with Crippen molar-refractivity contribution in [1.29, 1.82) is 0 Å². The van der Waals surface area contributed by atoms with Gasteiger partial charge in [-0.05, 0) is 0 Å². The van der Waals surface area contributed by atoms with Crippen LogP contribution in [0.15, 0.2) is 0 Å². The highest BCUT2D eigenvalue weighted by molar-refractivity contribution is 8.00. The van der Waals surface area contributed by atoms with Gasteiger partial charge < -0.3 is 16.2 Å². The van der Waals surface area contributed by atoms with Gasteiger partial charge in [-0.1, -0.05) is 0 Å². The number of aliphatic carboxylic acids is 1. The van der Waals surface area contributed by atoms with Crippen LogP contribution in [0.4, 0.5) is 0 Å². The first kappa shape index (κ1) is 11.2. The normalized spacial score (nSPS) is 9.42. The first-order chi connectivity index (χ1) is 5.66. The molecule has 0 heterocycles. The van der Waals surface area contributed by atoms with E-state index in [1.54, 1.807) is 0 Å². The largest absolute Gasteiger partial charge is 0.481 e. The minimum absolute atomic E-state index is 0.0456. The number of carboxylic acid groups (broad SMARTS) is 1. The molecule has 0 aliphatic rings. The number of nitrogens with one attached hydrogen (secondary N) is 1. The number of carboxylic acids is 1. The van der Waals surface area contributed by atoms with Crippen LogP contribution in [0.5, 0.6) is 0 Å². The Labute approximate surface area is 74.7 Å². The van der Waals surface area contributed by atoms with E-state index in [1.165, 1.54) is 0 Å². The summed E-state index contributed by atoms with van der Waals surface area (Å²) < 4.78 is 0. The van der Waals surface area contributed by atoms with Gasteiger partial charge in [0.1, 0.15) is 0 Å². The number of carbonyl (C=O) groups is 2. The summed E-state index contributed by atoms with van der Waals surface area (Å²) in [6, 6.07) is 0. The van der Waals surface area contributed by atoms with Gasteiger partial charge in [0, 0.05) is 13.1 Å². The maximum Gasteiger partial charge on any atom is 0.313 e. The third-order valence-electron chi connectivity index (χ3n) is 0.925. The molecule has 0 saturated carbocycles. The molecule has 0 atom stereocenters. The Bertz CT molecular complexity index is 163. The van der Waals surface area contributed by atoms with E-state index in [4.69, 9.17) is 10.8 Å². The quantitative estimate of drug-likeness (QED) is 0.495. The molecule has 0 aliphatic carbocycles. The predicted molar refractivity (Wildman–Crippen MR) is 47.0 cm³/mol. The van der Waals surface area contributed by atoms with Gasteiger partial charge in [-0.25, -0.2) is 0 Å². The van der Waals surface area contributed by atoms with Gasteiger partial charge in [0.25, 0.3) is 0 Å². The lowest BCUT2D eigenvalue weighted by molar-refractivity contribution is -0.133. The summed E-state index contributed by atoms with van der Waals surface area (Å²) in [6.45, 7) is 0.835. The molecule has 0 aromatic heterocycles. The second kappa shape index (κ2) is 6.93. The second-order valence-electron chi connectivity index (χ2n) is 2.03. The third kappa shape index (κ3) is 7.36. The molecule has 0 rings (SSSR count). The number of rotatable bonds is 6. The maximum atomic E-state index is 10.8. The van der Waals surface area contributed by atoms with Crippen molar-refractivity contribution in [2.75, 3.05) is 24.6 Å². The summed E-state index contributed by atoms with van der Waals surface area (Å²) in [5, 5.41) is 10.8. The average Bonchev–Trinajstić information content (AvgIpc) is 2.00. The molecule has 0 unspecified atom stereocenters. The minimum atomic E-state index is -0.911. The van der Waals surface area contributed by atoms with Crippen molar-refractivity contribution in [2.24, 2.45) is 5.73 Å². The van der Waals surface area contributed by atoms with E-state index < -0.39 is 5.97 Å². The lowest BCUT2D eigenvalue weighted by Gasteiger charge is -2.00. The molecular weight excluding hydrogens is 180 g/mol. The molecule has 0 spiro atoms. The number of hydrogen-bond donors (Lipinski definition) is 3. The summed E-state index contributed by atoms with van der Waals surface area (Å²) in [4.78, 5) is 20.8. The van der Waals surface area contributed by atoms with Crippen molar-refractivity contribution >= 4 is 23.6 Å². The Morgan fingerprint density at radius 1 is 1.42 bits per heavy atom. The Hall–Kier alpha value is -0.750. The summed E-state index contributed by atoms with van der Waals surface area (Å²) >= 11 is 1.07. The highest BCUT2D eigenvalue weighted by atomic mass is 32.2. The van der Waals surface area contributed by atoms with Crippen LogP contribution in [0, 0.1) is 0 Å². The predicted octanol–water partition coefficient (Wildman–Crippen LogP) is -1.12. The number of amides is 1. The van der Waals surface area contributed by atoms with E-state index in [0.717, 1.165) is 11.8 Å². The zero-order valence-electron chi connectivity index (χ0n) is 6.58. The monoisotopic (exact) mass is 192 g/mol. The molecule has 0 aliphatic heterocycles. The molecule has 4 N–H and O–H groups in total. The van der Waals surface area contributed by atoms with Gasteiger partial charge in [0.2, 0.25) is 5.91 Å². The molecule has 0 aromatic rings. The van der Waals surface area contributed by atoms with Crippen LogP contribution < -0.4 is 11.1 Å². The minimum Gasteiger partial charge on any atom is -0.481 e. The van der Waals surface area contributed by atoms with Crippen LogP contribution >= 0.6 is 11.8 Å². The van der Waals surface area contributed by atoms with Crippen LogP contribution in [0.1, 0.15) is 0 Å². The summed E-state index contributed by atoms with van der Waals surface area (Å²) in [7, 11) is 0. The molecule has 0 radical (unpaired) electrons. The standard InChI is InChI=1S/C6H12N2O3S/c7-1-2-8-5(9)3-12-4-6(10)11/h1-4,7H2,(H,8,9)(H,10,11). The number of hydrogen-bond acceptors (Lipinski definition) is 4. The maximum absolute atomic E-state index is 10.8. The molecule has 1 amide bonds. The van der Waals surface area contributed by atoms with Crippen molar-refractivity contribution < 1.29 is 14.7 Å². The Morgan fingerprint density at radius 2 is 2.08 bits per heavy atom. The fourth-order valence-electron chi connectivity index (χ4n) is 0.494. The topological polar surface area (TPSA) is 92.4 Å². The van der Waals surface area contributed by atoms with Crippen molar-refractivity contribution in [2.45, 2.75) is 0 Å².